The summed E-state index contributed by atoms with van der Waals surface area (Å²) in [5.74, 6) is 0.0620. The molecular formula is C22H22FN3O4S. The van der Waals surface area contributed by atoms with Crippen LogP contribution in [0.5, 0.6) is 0 Å². The summed E-state index contributed by atoms with van der Waals surface area (Å²) in [5, 5.41) is 11.2. The van der Waals surface area contributed by atoms with E-state index in [9.17, 15) is 24.1 Å². The van der Waals surface area contributed by atoms with Crippen molar-refractivity contribution in [2.24, 2.45) is 0 Å². The van der Waals surface area contributed by atoms with Gasteiger partial charge in [0.2, 0.25) is 0 Å². The van der Waals surface area contributed by atoms with Crippen LogP contribution in [0.25, 0.3) is 0 Å². The Balaban J connectivity index is 1.47. The van der Waals surface area contributed by atoms with Gasteiger partial charge in [-0.15, -0.1) is 11.8 Å². The highest BCUT2D eigenvalue weighted by molar-refractivity contribution is 8.00. The zero-order valence-electron chi connectivity index (χ0n) is 17.0. The first-order chi connectivity index (χ1) is 14.8. The van der Waals surface area contributed by atoms with Gasteiger partial charge in [-0.2, -0.15) is 0 Å². The van der Waals surface area contributed by atoms with Crippen LogP contribution in [0.15, 0.2) is 42.5 Å². The van der Waals surface area contributed by atoms with E-state index in [-0.39, 0.29) is 28.2 Å². The number of amides is 2. The average Bonchev–Trinajstić information content (AvgIpc) is 3.17. The molecule has 0 radical (unpaired) electrons. The average molecular weight is 444 g/mol. The minimum atomic E-state index is -0.481. The van der Waals surface area contributed by atoms with Crippen LogP contribution in [-0.4, -0.2) is 56.8 Å². The Bertz CT molecular complexity index is 1040. The molecule has 2 aliphatic rings. The molecule has 0 unspecified atom stereocenters. The normalized spacial score (nSPS) is 17.7. The van der Waals surface area contributed by atoms with Gasteiger partial charge in [-0.05, 0) is 50.1 Å². The van der Waals surface area contributed by atoms with E-state index in [1.54, 1.807) is 35.7 Å². The Hall–Kier alpha value is -2.94. The van der Waals surface area contributed by atoms with Gasteiger partial charge in [-0.3, -0.25) is 19.7 Å². The number of carbonyl (C=O) groups is 2. The second-order valence-corrected chi connectivity index (χ2v) is 9.27. The predicted molar refractivity (Wildman–Crippen MR) is 116 cm³/mol. The molecule has 2 aromatic carbocycles. The predicted octanol–water partition coefficient (Wildman–Crippen LogP) is 3.86. The Labute approximate surface area is 183 Å². The third-order valence-electron chi connectivity index (χ3n) is 6.00. The van der Waals surface area contributed by atoms with Crippen LogP contribution in [0.4, 0.5) is 10.1 Å². The molecule has 0 aromatic heterocycles. The van der Waals surface area contributed by atoms with Gasteiger partial charge < -0.3 is 9.80 Å². The summed E-state index contributed by atoms with van der Waals surface area (Å²) in [6.45, 7) is 3.17. The number of carbonyl (C=O) groups excluding carboxylic acids is 2. The van der Waals surface area contributed by atoms with E-state index in [2.05, 4.69) is 0 Å². The lowest BCUT2D eigenvalue weighted by molar-refractivity contribution is -0.385. The highest BCUT2D eigenvalue weighted by atomic mass is 32.2. The Morgan fingerprint density at radius 3 is 2.32 bits per heavy atom. The van der Waals surface area contributed by atoms with E-state index in [0.29, 0.717) is 49.2 Å². The van der Waals surface area contributed by atoms with Gasteiger partial charge in [0, 0.05) is 48.1 Å². The van der Waals surface area contributed by atoms with Crippen molar-refractivity contribution in [2.45, 2.75) is 24.6 Å². The molecule has 0 N–H and O–H groups in total. The van der Waals surface area contributed by atoms with Gasteiger partial charge in [-0.25, -0.2) is 4.39 Å². The summed E-state index contributed by atoms with van der Waals surface area (Å²) in [6.07, 6.45) is 1.23. The van der Waals surface area contributed by atoms with Crippen LogP contribution in [-0.2, 0) is 0 Å². The highest BCUT2D eigenvalue weighted by Gasteiger charge is 2.47. The number of aryl methyl sites for hydroxylation is 1. The van der Waals surface area contributed by atoms with Gasteiger partial charge in [-0.1, -0.05) is 6.07 Å². The summed E-state index contributed by atoms with van der Waals surface area (Å²) < 4.78 is 13.2. The second-order valence-electron chi connectivity index (χ2n) is 7.81. The number of piperidine rings is 1. The maximum absolute atomic E-state index is 13.2. The van der Waals surface area contributed by atoms with Gasteiger partial charge >= 0.3 is 0 Å². The molecule has 0 bridgehead atoms. The van der Waals surface area contributed by atoms with Crippen LogP contribution < -0.4 is 0 Å². The number of nitrogens with zero attached hydrogens (tertiary/aromatic N) is 3. The molecule has 1 spiro atoms. The van der Waals surface area contributed by atoms with Crippen molar-refractivity contribution in [1.82, 2.24) is 9.80 Å². The molecule has 2 aliphatic heterocycles. The summed E-state index contributed by atoms with van der Waals surface area (Å²) in [7, 11) is 0. The molecule has 2 aromatic rings. The number of halogens is 1. The van der Waals surface area contributed by atoms with Crippen molar-refractivity contribution in [1.29, 1.82) is 0 Å². The molecule has 4 rings (SSSR count). The lowest BCUT2D eigenvalue weighted by Crippen LogP contribution is -2.53. The van der Waals surface area contributed by atoms with Crippen LogP contribution in [0.2, 0.25) is 0 Å². The highest BCUT2D eigenvalue weighted by Crippen LogP contribution is 2.44. The maximum atomic E-state index is 13.2. The van der Waals surface area contributed by atoms with Gasteiger partial charge in [0.1, 0.15) is 5.82 Å². The van der Waals surface area contributed by atoms with Crippen molar-refractivity contribution in [3.05, 3.63) is 75.1 Å². The molecule has 2 heterocycles. The third-order valence-corrected chi connectivity index (χ3v) is 7.55. The van der Waals surface area contributed by atoms with E-state index < -0.39 is 4.92 Å². The van der Waals surface area contributed by atoms with Crippen molar-refractivity contribution >= 4 is 29.3 Å². The minimum Gasteiger partial charge on any atom is -0.338 e. The van der Waals surface area contributed by atoms with Crippen LogP contribution in [0.1, 0.15) is 39.1 Å². The maximum Gasteiger partial charge on any atom is 0.273 e. The summed E-state index contributed by atoms with van der Waals surface area (Å²) in [5.41, 5.74) is 1.19. The summed E-state index contributed by atoms with van der Waals surface area (Å²) in [4.78, 5) is 39.9. The Morgan fingerprint density at radius 1 is 1.03 bits per heavy atom. The number of likely N-dealkylation sites (tertiary alicyclic amines) is 1. The van der Waals surface area contributed by atoms with Crippen molar-refractivity contribution in [3.8, 4) is 0 Å². The standard InChI is InChI=1S/C22H22FN3O4S/c1-15-2-3-17(14-19(15)26(29)30)20(27)24-10-8-22(9-11-24)25(12-13-31-22)21(28)16-4-6-18(23)7-5-16/h2-7,14H,8-13H2,1H3. The van der Waals surface area contributed by atoms with Crippen LogP contribution in [0.3, 0.4) is 0 Å². The van der Waals surface area contributed by atoms with Gasteiger partial charge in [0.05, 0.1) is 9.79 Å². The van der Waals surface area contributed by atoms with Crippen LogP contribution >= 0.6 is 11.8 Å². The summed E-state index contributed by atoms with van der Waals surface area (Å²) >= 11 is 1.72. The zero-order valence-corrected chi connectivity index (χ0v) is 17.9. The van der Waals surface area contributed by atoms with Gasteiger partial charge in [0.15, 0.2) is 0 Å². The molecule has 31 heavy (non-hydrogen) atoms. The summed E-state index contributed by atoms with van der Waals surface area (Å²) in [6, 6.07) is 10.1. The molecule has 0 aliphatic carbocycles. The second kappa shape index (κ2) is 8.30. The first-order valence-electron chi connectivity index (χ1n) is 10.1. The number of hydrogen-bond donors (Lipinski definition) is 0. The molecule has 7 nitrogen and oxygen atoms in total. The fraction of sp³-hybridized carbons (Fsp3) is 0.364. The van der Waals surface area contributed by atoms with E-state index in [1.165, 1.54) is 30.3 Å². The number of hydrogen-bond acceptors (Lipinski definition) is 5. The number of nitro benzene ring substituents is 1. The monoisotopic (exact) mass is 443 g/mol. The molecule has 0 atom stereocenters. The third kappa shape index (κ3) is 4.01. The quantitative estimate of drug-likeness (QED) is 0.531. The number of nitro groups is 1. The van der Waals surface area contributed by atoms with Crippen LogP contribution in [0, 0.1) is 22.9 Å². The SMILES string of the molecule is Cc1ccc(C(=O)N2CCC3(CC2)SCCN3C(=O)c2ccc(F)cc2)cc1[N+](=O)[O-]. The fourth-order valence-corrected chi connectivity index (χ4v) is 5.69. The lowest BCUT2D eigenvalue weighted by Gasteiger charge is -2.44. The topological polar surface area (TPSA) is 83.8 Å². The molecule has 162 valence electrons. The lowest BCUT2D eigenvalue weighted by atomic mass is 9.99. The Kier molecular flexibility index (Phi) is 5.70. The molecule has 2 fully saturated rings. The van der Waals surface area contributed by atoms with Crippen molar-refractivity contribution in [2.75, 3.05) is 25.4 Å². The first kappa shape index (κ1) is 21.3. The molecule has 9 heteroatoms. The largest absolute Gasteiger partial charge is 0.338 e. The van der Waals surface area contributed by atoms with E-state index in [0.717, 1.165) is 5.75 Å². The van der Waals surface area contributed by atoms with E-state index in [4.69, 9.17) is 0 Å². The van der Waals surface area contributed by atoms with Crippen molar-refractivity contribution < 1.29 is 18.9 Å². The number of benzene rings is 2. The molecule has 2 amide bonds. The van der Waals surface area contributed by atoms with E-state index in [1.807, 2.05) is 4.90 Å². The molecule has 0 saturated carbocycles. The first-order valence-corrected chi connectivity index (χ1v) is 11.1. The Morgan fingerprint density at radius 2 is 1.68 bits per heavy atom. The minimum absolute atomic E-state index is 0.0678. The van der Waals surface area contributed by atoms with E-state index >= 15 is 0 Å². The number of rotatable bonds is 3. The fourth-order valence-electron chi connectivity index (χ4n) is 4.24. The smallest absolute Gasteiger partial charge is 0.273 e. The zero-order chi connectivity index (χ0) is 22.2. The number of thioether (sulfide) groups is 1. The molecule has 2 saturated heterocycles. The van der Waals surface area contributed by atoms with Crippen molar-refractivity contribution in [3.63, 3.8) is 0 Å². The molecular weight excluding hydrogens is 421 g/mol. The van der Waals surface area contributed by atoms with Gasteiger partial charge in [0.25, 0.3) is 17.5 Å².